The van der Waals surface area contributed by atoms with Gasteiger partial charge in [0.1, 0.15) is 13.2 Å². The molecule has 0 spiro atoms. The summed E-state index contributed by atoms with van der Waals surface area (Å²) in [5, 5.41) is 13.7. The lowest BCUT2D eigenvalue weighted by atomic mass is 10.0. The summed E-state index contributed by atoms with van der Waals surface area (Å²) in [4.78, 5) is 25.3. The lowest BCUT2D eigenvalue weighted by Gasteiger charge is -2.29. The van der Waals surface area contributed by atoms with Crippen molar-refractivity contribution in [2.75, 3.05) is 40.9 Å². The van der Waals surface area contributed by atoms with Crippen LogP contribution in [0.2, 0.25) is 0 Å². The Hall–Kier alpha value is -2.32. The molecule has 0 rings (SSSR count). The lowest BCUT2D eigenvalue weighted by Crippen LogP contribution is -2.45. The van der Waals surface area contributed by atoms with E-state index in [0.717, 1.165) is 77.0 Å². The molecule has 0 aromatic heterocycles. The highest BCUT2D eigenvalue weighted by atomic mass is 31.2. The number of quaternary nitrogens is 1. The Kier molecular flexibility index (Phi) is 47.0. The summed E-state index contributed by atoms with van der Waals surface area (Å²) >= 11 is 0. The maximum absolute atomic E-state index is 12.9. The Balaban J connectivity index is 3.89. The number of carbonyl (C=O) groups excluding carboxylic acids is 1. The molecule has 0 aromatic carbocycles. The predicted octanol–water partition coefficient (Wildman–Crippen LogP) is 15.8. The van der Waals surface area contributed by atoms with Gasteiger partial charge in [0.2, 0.25) is 5.91 Å². The largest absolute Gasteiger partial charge is 0.756 e. The summed E-state index contributed by atoms with van der Waals surface area (Å²) in [7, 11) is 1.26. The maximum atomic E-state index is 12.9. The van der Waals surface area contributed by atoms with Crippen molar-refractivity contribution in [1.29, 1.82) is 0 Å². The lowest BCUT2D eigenvalue weighted by molar-refractivity contribution is -0.870. The molecule has 0 fully saturated rings. The van der Waals surface area contributed by atoms with E-state index in [9.17, 15) is 19.4 Å². The number of rotatable bonds is 49. The van der Waals surface area contributed by atoms with Crippen molar-refractivity contribution < 1.29 is 32.9 Å². The van der Waals surface area contributed by atoms with Crippen LogP contribution in [0.5, 0.6) is 0 Å². The molecule has 3 unspecified atom stereocenters. The van der Waals surface area contributed by atoms with Crippen LogP contribution in [0.15, 0.2) is 85.1 Å². The molecule has 67 heavy (non-hydrogen) atoms. The number of likely N-dealkylation sites (N-methyl/N-ethyl adjacent to an activating group) is 1. The fourth-order valence-corrected chi connectivity index (χ4v) is 8.29. The van der Waals surface area contributed by atoms with Gasteiger partial charge in [-0.05, 0) is 70.6 Å². The number of phosphoric acid groups is 1. The Bertz CT molecular complexity index is 1360. The minimum absolute atomic E-state index is 0.00288. The van der Waals surface area contributed by atoms with Crippen molar-refractivity contribution in [1.82, 2.24) is 5.32 Å². The molecule has 0 saturated heterocycles. The fraction of sp³-hybridized carbons (Fsp3) is 0.741. The van der Waals surface area contributed by atoms with Crippen molar-refractivity contribution in [2.45, 2.75) is 238 Å². The number of aliphatic hydroxyl groups is 1. The van der Waals surface area contributed by atoms with Crippen LogP contribution >= 0.6 is 7.82 Å². The van der Waals surface area contributed by atoms with Crippen molar-refractivity contribution in [3.05, 3.63) is 85.1 Å². The second-order valence-corrected chi connectivity index (χ2v) is 21.0. The van der Waals surface area contributed by atoms with E-state index in [2.05, 4.69) is 92.1 Å². The van der Waals surface area contributed by atoms with Crippen LogP contribution < -0.4 is 10.2 Å². The number of amides is 1. The highest BCUT2D eigenvalue weighted by molar-refractivity contribution is 7.45. The topological polar surface area (TPSA) is 108 Å². The minimum Gasteiger partial charge on any atom is -0.756 e. The van der Waals surface area contributed by atoms with Gasteiger partial charge in [-0.3, -0.25) is 9.36 Å². The SMILES string of the molecule is CC/C=C\C/C=C\C/C=C\C/C=C\C/C=C\C/C=C\CCCCCCCCCCCCCCCCCCCCC(=O)NC(COP(=O)([O-])OCC[N+](C)(C)C)C(O)/C=C/CCCCCCCC. The second-order valence-electron chi connectivity index (χ2n) is 19.6. The van der Waals surface area contributed by atoms with E-state index in [1.165, 1.54) is 128 Å². The van der Waals surface area contributed by atoms with Crippen molar-refractivity contribution in [2.24, 2.45) is 0 Å². The summed E-state index contributed by atoms with van der Waals surface area (Å²) in [6, 6.07) is -0.886. The molecule has 0 aromatic rings. The van der Waals surface area contributed by atoms with Gasteiger partial charge in [0.15, 0.2) is 0 Å². The standard InChI is InChI=1S/C58H105N2O6P/c1-6-8-10-12-14-16-17-18-19-20-21-22-23-24-25-26-27-28-29-30-31-32-33-34-35-36-37-38-39-40-41-42-43-44-46-48-50-52-58(62)59-56(55-66-67(63,64)65-54-53-60(3,4)5)57(61)51-49-47-45-15-13-11-9-7-2/h8,10,14,16,18-19,21-22,24-25,27-28,49,51,56-57,61H,6-7,9,11-13,15,17,20,23,26,29-48,50,52-55H2,1-5H3,(H-,59,62,63,64)/b10-8-,16-14-,19-18-,22-21-,25-24-,28-27-,51-49+. The van der Waals surface area contributed by atoms with Crippen molar-refractivity contribution in [3.63, 3.8) is 0 Å². The first-order valence-electron chi connectivity index (χ1n) is 27.4. The van der Waals surface area contributed by atoms with Crippen LogP contribution in [-0.4, -0.2) is 68.5 Å². The molecule has 0 bridgehead atoms. The van der Waals surface area contributed by atoms with E-state index in [4.69, 9.17) is 9.05 Å². The molecule has 8 nitrogen and oxygen atoms in total. The van der Waals surface area contributed by atoms with Crippen molar-refractivity contribution >= 4 is 13.7 Å². The van der Waals surface area contributed by atoms with E-state index < -0.39 is 20.0 Å². The number of unbranched alkanes of at least 4 members (excludes halogenated alkanes) is 24. The van der Waals surface area contributed by atoms with Crippen LogP contribution in [-0.2, 0) is 18.4 Å². The predicted molar refractivity (Wildman–Crippen MR) is 288 cm³/mol. The highest BCUT2D eigenvalue weighted by Crippen LogP contribution is 2.38. The Morgan fingerprint density at radius 2 is 0.910 bits per heavy atom. The first-order valence-corrected chi connectivity index (χ1v) is 28.9. The van der Waals surface area contributed by atoms with E-state index in [-0.39, 0.29) is 19.1 Å². The van der Waals surface area contributed by atoms with Crippen molar-refractivity contribution in [3.8, 4) is 0 Å². The van der Waals surface area contributed by atoms with Gasteiger partial charge in [-0.15, -0.1) is 0 Å². The van der Waals surface area contributed by atoms with Crippen LogP contribution in [0.25, 0.3) is 0 Å². The number of aliphatic hydroxyl groups excluding tert-OH is 1. The number of hydrogen-bond acceptors (Lipinski definition) is 6. The molecule has 0 aliphatic rings. The highest BCUT2D eigenvalue weighted by Gasteiger charge is 2.23. The molecule has 0 radical (unpaired) electrons. The molecule has 2 N–H and O–H groups in total. The zero-order valence-electron chi connectivity index (χ0n) is 44.1. The van der Waals surface area contributed by atoms with E-state index >= 15 is 0 Å². The van der Waals surface area contributed by atoms with Gasteiger partial charge >= 0.3 is 0 Å². The number of phosphoric ester groups is 1. The van der Waals surface area contributed by atoms with E-state index in [0.29, 0.717) is 17.4 Å². The second kappa shape index (κ2) is 48.7. The monoisotopic (exact) mass is 957 g/mol. The number of nitrogens with zero attached hydrogens (tertiary/aromatic N) is 1. The average Bonchev–Trinajstić information content (AvgIpc) is 3.29. The molecule has 3 atom stereocenters. The molecular weight excluding hydrogens is 852 g/mol. The maximum Gasteiger partial charge on any atom is 0.268 e. The Labute approximate surface area is 414 Å². The van der Waals surface area contributed by atoms with Gasteiger partial charge in [0.05, 0.1) is 39.9 Å². The number of nitrogens with one attached hydrogen (secondary N) is 1. The molecule has 9 heteroatoms. The summed E-state index contributed by atoms with van der Waals surface area (Å²) in [5.74, 6) is -0.202. The molecule has 388 valence electrons. The average molecular weight is 957 g/mol. The Morgan fingerprint density at radius 1 is 0.537 bits per heavy atom. The summed E-state index contributed by atoms with van der Waals surface area (Å²) in [6.07, 6.45) is 68.3. The Morgan fingerprint density at radius 3 is 1.33 bits per heavy atom. The van der Waals surface area contributed by atoms with E-state index in [1.807, 2.05) is 27.2 Å². The zero-order valence-corrected chi connectivity index (χ0v) is 45.0. The third-order valence-electron chi connectivity index (χ3n) is 11.9. The summed E-state index contributed by atoms with van der Waals surface area (Å²) < 4.78 is 23.2. The quantitative estimate of drug-likeness (QED) is 0.0272. The smallest absolute Gasteiger partial charge is 0.268 e. The van der Waals surface area contributed by atoms with Gasteiger partial charge in [-0.2, -0.15) is 0 Å². The number of hydrogen-bond donors (Lipinski definition) is 2. The van der Waals surface area contributed by atoms with Crippen LogP contribution in [0.3, 0.4) is 0 Å². The first-order chi connectivity index (χ1) is 32.5. The summed E-state index contributed by atoms with van der Waals surface area (Å²) in [5.41, 5.74) is 0. The van der Waals surface area contributed by atoms with Gasteiger partial charge in [0.25, 0.3) is 7.82 Å². The van der Waals surface area contributed by atoms with Crippen LogP contribution in [0, 0.1) is 0 Å². The molecule has 0 aliphatic carbocycles. The fourth-order valence-electron chi connectivity index (χ4n) is 7.57. The summed E-state index contributed by atoms with van der Waals surface area (Å²) in [6.45, 7) is 4.48. The third-order valence-corrected chi connectivity index (χ3v) is 12.8. The zero-order chi connectivity index (χ0) is 49.2. The first kappa shape index (κ1) is 64.7. The van der Waals surface area contributed by atoms with Crippen LogP contribution in [0.1, 0.15) is 226 Å². The van der Waals surface area contributed by atoms with Gasteiger partial charge < -0.3 is 28.8 Å². The molecule has 1 amide bonds. The normalized spacial score (nSPS) is 14.7. The number of allylic oxidation sites excluding steroid dienone is 13. The van der Waals surface area contributed by atoms with Gasteiger partial charge in [-0.25, -0.2) is 0 Å². The minimum atomic E-state index is -4.58. The molecule has 0 aliphatic heterocycles. The molecular formula is C58H105N2O6P. The van der Waals surface area contributed by atoms with Crippen LogP contribution in [0.4, 0.5) is 0 Å². The molecule has 0 heterocycles. The van der Waals surface area contributed by atoms with E-state index in [1.54, 1.807) is 6.08 Å². The molecule has 0 saturated carbocycles. The van der Waals surface area contributed by atoms with Gasteiger partial charge in [-0.1, -0.05) is 234 Å². The number of carbonyl (C=O) groups is 1. The van der Waals surface area contributed by atoms with Gasteiger partial charge in [0, 0.05) is 6.42 Å². The third kappa shape index (κ3) is 51.4.